The molecule has 0 bridgehead atoms. The van der Waals surface area contributed by atoms with Gasteiger partial charge in [-0.05, 0) is 30.5 Å². The number of hydrogen-bond donors (Lipinski definition) is 1. The lowest BCUT2D eigenvalue weighted by atomic mass is 10.0. The van der Waals surface area contributed by atoms with Crippen molar-refractivity contribution in [3.05, 3.63) is 23.8 Å². The highest BCUT2D eigenvalue weighted by Crippen LogP contribution is 2.36. The molecule has 4 heteroatoms. The van der Waals surface area contributed by atoms with Crippen LogP contribution in [0.2, 0.25) is 0 Å². The number of anilines is 1. The van der Waals surface area contributed by atoms with Crippen LogP contribution in [-0.4, -0.2) is 23.7 Å². The molecule has 1 heterocycles. The van der Waals surface area contributed by atoms with Gasteiger partial charge in [-0.1, -0.05) is 19.9 Å². The topological polar surface area (TPSA) is 49.8 Å². The number of amides is 1. The molecule has 0 aliphatic carbocycles. The van der Waals surface area contributed by atoms with E-state index in [1.807, 2.05) is 39.0 Å². The first-order chi connectivity index (χ1) is 8.58. The number of benzene rings is 1. The van der Waals surface area contributed by atoms with Crippen LogP contribution in [0.5, 0.6) is 5.75 Å². The Morgan fingerprint density at radius 2 is 2.17 bits per heavy atom. The van der Waals surface area contributed by atoms with Crippen molar-refractivity contribution in [2.24, 2.45) is 5.92 Å². The maximum Gasteiger partial charge on any atom is 0.268 e. The number of likely N-dealkylation sites (N-methyl/N-ethyl adjacent to an activating group) is 1. The van der Waals surface area contributed by atoms with E-state index in [1.54, 1.807) is 4.90 Å². The third kappa shape index (κ3) is 2.08. The van der Waals surface area contributed by atoms with E-state index < -0.39 is 6.10 Å². The van der Waals surface area contributed by atoms with Gasteiger partial charge in [-0.3, -0.25) is 4.79 Å². The number of ether oxygens (including phenoxy) is 1. The van der Waals surface area contributed by atoms with Gasteiger partial charge >= 0.3 is 0 Å². The van der Waals surface area contributed by atoms with E-state index in [4.69, 9.17) is 9.84 Å². The van der Waals surface area contributed by atoms with Crippen LogP contribution in [0.4, 0.5) is 5.69 Å². The van der Waals surface area contributed by atoms with E-state index >= 15 is 0 Å². The Morgan fingerprint density at radius 1 is 1.44 bits per heavy atom. The summed E-state index contributed by atoms with van der Waals surface area (Å²) in [5.41, 5.74) is 1.54. The van der Waals surface area contributed by atoms with Gasteiger partial charge in [0.1, 0.15) is 5.75 Å². The van der Waals surface area contributed by atoms with E-state index in [0.29, 0.717) is 12.3 Å². The van der Waals surface area contributed by atoms with Crippen molar-refractivity contribution in [1.29, 1.82) is 0 Å². The number of aliphatic hydroxyl groups excluding tert-OH is 1. The molecule has 1 aromatic carbocycles. The Balaban J connectivity index is 2.45. The molecule has 2 rings (SSSR count). The third-order valence-electron chi connectivity index (χ3n) is 3.18. The smallest absolute Gasteiger partial charge is 0.268 e. The standard InChI is InChI=1S/C14H19NO3/c1-4-15-11-7-10(8-16)5-6-12(11)18-13(9(2)3)14(15)17/h5-7,9,13,16H,4,8H2,1-3H3. The summed E-state index contributed by atoms with van der Waals surface area (Å²) < 4.78 is 5.76. The Bertz CT molecular complexity index is 456. The molecule has 0 fully saturated rings. The van der Waals surface area contributed by atoms with Crippen LogP contribution in [0.25, 0.3) is 0 Å². The second-order valence-electron chi connectivity index (χ2n) is 4.83. The van der Waals surface area contributed by atoms with Crippen LogP contribution in [0, 0.1) is 5.92 Å². The summed E-state index contributed by atoms with van der Waals surface area (Å²) in [7, 11) is 0. The minimum Gasteiger partial charge on any atom is -0.478 e. The highest BCUT2D eigenvalue weighted by molar-refractivity contribution is 6.00. The van der Waals surface area contributed by atoms with Gasteiger partial charge in [0.2, 0.25) is 0 Å². The summed E-state index contributed by atoms with van der Waals surface area (Å²) in [6.07, 6.45) is -0.419. The Morgan fingerprint density at radius 3 is 2.72 bits per heavy atom. The van der Waals surface area contributed by atoms with Crippen LogP contribution >= 0.6 is 0 Å². The predicted octanol–water partition coefficient (Wildman–Crippen LogP) is 1.95. The number of nitrogens with zero attached hydrogens (tertiary/aromatic N) is 1. The molecule has 18 heavy (non-hydrogen) atoms. The third-order valence-corrected chi connectivity index (χ3v) is 3.18. The molecule has 0 aromatic heterocycles. The molecule has 1 unspecified atom stereocenters. The fourth-order valence-electron chi connectivity index (χ4n) is 2.18. The highest BCUT2D eigenvalue weighted by Gasteiger charge is 2.35. The van der Waals surface area contributed by atoms with E-state index in [2.05, 4.69) is 0 Å². The largest absolute Gasteiger partial charge is 0.478 e. The summed E-state index contributed by atoms with van der Waals surface area (Å²) in [4.78, 5) is 14.0. The van der Waals surface area contributed by atoms with Gasteiger partial charge in [0.25, 0.3) is 5.91 Å². The fourth-order valence-corrected chi connectivity index (χ4v) is 2.18. The Hall–Kier alpha value is -1.55. The zero-order chi connectivity index (χ0) is 13.3. The van der Waals surface area contributed by atoms with Crippen molar-refractivity contribution in [3.63, 3.8) is 0 Å². The van der Waals surface area contributed by atoms with E-state index in [9.17, 15) is 4.79 Å². The summed E-state index contributed by atoms with van der Waals surface area (Å²) in [6.45, 7) is 6.46. The van der Waals surface area contributed by atoms with Gasteiger partial charge in [0.05, 0.1) is 12.3 Å². The number of carbonyl (C=O) groups is 1. The van der Waals surface area contributed by atoms with Gasteiger partial charge in [0.15, 0.2) is 6.10 Å². The van der Waals surface area contributed by atoms with Gasteiger partial charge in [-0.2, -0.15) is 0 Å². The molecule has 1 amide bonds. The van der Waals surface area contributed by atoms with Crippen molar-refractivity contribution in [2.45, 2.75) is 33.5 Å². The van der Waals surface area contributed by atoms with E-state index in [1.165, 1.54) is 0 Å². The highest BCUT2D eigenvalue weighted by atomic mass is 16.5. The minimum absolute atomic E-state index is 0.00455. The minimum atomic E-state index is -0.419. The van der Waals surface area contributed by atoms with Crippen molar-refractivity contribution < 1.29 is 14.6 Å². The maximum absolute atomic E-state index is 12.3. The number of aliphatic hydroxyl groups is 1. The molecule has 1 atom stereocenters. The van der Waals surface area contributed by atoms with Gasteiger partial charge in [-0.15, -0.1) is 0 Å². The van der Waals surface area contributed by atoms with Crippen molar-refractivity contribution in [2.75, 3.05) is 11.4 Å². The molecule has 0 spiro atoms. The second kappa shape index (κ2) is 4.98. The Labute approximate surface area is 107 Å². The first-order valence-electron chi connectivity index (χ1n) is 6.30. The van der Waals surface area contributed by atoms with Gasteiger partial charge in [0, 0.05) is 6.54 Å². The molecule has 1 aliphatic heterocycles. The van der Waals surface area contributed by atoms with Crippen LogP contribution in [0.1, 0.15) is 26.3 Å². The first-order valence-corrected chi connectivity index (χ1v) is 6.30. The number of fused-ring (bicyclic) bond motifs is 1. The fraction of sp³-hybridized carbons (Fsp3) is 0.500. The molecule has 4 nitrogen and oxygen atoms in total. The lowest BCUT2D eigenvalue weighted by molar-refractivity contribution is -0.128. The maximum atomic E-state index is 12.3. The van der Waals surface area contributed by atoms with Crippen LogP contribution in [-0.2, 0) is 11.4 Å². The normalized spacial score (nSPS) is 18.8. The molecule has 1 aliphatic rings. The van der Waals surface area contributed by atoms with Crippen molar-refractivity contribution >= 4 is 11.6 Å². The lowest BCUT2D eigenvalue weighted by Crippen LogP contribution is -2.48. The second-order valence-corrected chi connectivity index (χ2v) is 4.83. The summed E-state index contributed by atoms with van der Waals surface area (Å²) in [5, 5.41) is 9.16. The van der Waals surface area contributed by atoms with Crippen molar-refractivity contribution in [1.82, 2.24) is 0 Å². The molecule has 0 saturated carbocycles. The number of carbonyl (C=O) groups excluding carboxylic acids is 1. The predicted molar refractivity (Wildman–Crippen MR) is 69.6 cm³/mol. The molecule has 0 saturated heterocycles. The average molecular weight is 249 g/mol. The molecule has 98 valence electrons. The zero-order valence-electron chi connectivity index (χ0n) is 11.0. The monoisotopic (exact) mass is 249 g/mol. The SMILES string of the molecule is CCN1C(=O)C(C(C)C)Oc2ccc(CO)cc21. The molecular weight excluding hydrogens is 230 g/mol. The summed E-state index contributed by atoms with van der Waals surface area (Å²) >= 11 is 0. The van der Waals surface area contributed by atoms with Gasteiger partial charge < -0.3 is 14.7 Å². The molecule has 1 aromatic rings. The zero-order valence-corrected chi connectivity index (χ0v) is 11.0. The van der Waals surface area contributed by atoms with E-state index in [-0.39, 0.29) is 18.4 Å². The van der Waals surface area contributed by atoms with Crippen molar-refractivity contribution in [3.8, 4) is 5.75 Å². The molecule has 1 N–H and O–H groups in total. The quantitative estimate of drug-likeness (QED) is 0.890. The number of rotatable bonds is 3. The van der Waals surface area contributed by atoms with Crippen LogP contribution < -0.4 is 9.64 Å². The summed E-state index contributed by atoms with van der Waals surface area (Å²) in [6, 6.07) is 5.46. The molecular formula is C14H19NO3. The lowest BCUT2D eigenvalue weighted by Gasteiger charge is -2.35. The number of hydrogen-bond acceptors (Lipinski definition) is 3. The van der Waals surface area contributed by atoms with Gasteiger partial charge in [-0.25, -0.2) is 0 Å². The molecule has 0 radical (unpaired) electrons. The average Bonchev–Trinajstić information content (AvgIpc) is 2.37. The van der Waals surface area contributed by atoms with Crippen LogP contribution in [0.3, 0.4) is 0 Å². The first kappa shape index (κ1) is 12.9. The van der Waals surface area contributed by atoms with Crippen LogP contribution in [0.15, 0.2) is 18.2 Å². The Kier molecular flexibility index (Phi) is 3.57. The summed E-state index contributed by atoms with van der Waals surface area (Å²) in [5.74, 6) is 0.847. The van der Waals surface area contributed by atoms with E-state index in [0.717, 1.165) is 11.3 Å².